The Morgan fingerprint density at radius 2 is 1.90 bits per heavy atom. The quantitative estimate of drug-likeness (QED) is 0.638. The second-order valence-corrected chi connectivity index (χ2v) is 7.07. The van der Waals surface area contributed by atoms with Crippen LogP contribution in [0.15, 0.2) is 46.9 Å². The number of halogens is 2. The fourth-order valence-electron chi connectivity index (χ4n) is 2.45. The molecule has 0 saturated carbocycles. The van der Waals surface area contributed by atoms with E-state index in [1.54, 1.807) is 0 Å². The van der Waals surface area contributed by atoms with Gasteiger partial charge in [0.15, 0.2) is 0 Å². The first-order valence-electron chi connectivity index (χ1n) is 6.45. The molecule has 4 heteroatoms. The maximum Gasteiger partial charge on any atom is 0.254 e. The van der Waals surface area contributed by atoms with Crippen LogP contribution in [0.1, 0.15) is 21.5 Å². The number of fused-ring (bicyclic) bond motifs is 1. The number of carbonyl (C=O) groups is 1. The highest BCUT2D eigenvalue weighted by Gasteiger charge is 2.24. The van der Waals surface area contributed by atoms with Gasteiger partial charge in [0.2, 0.25) is 0 Å². The van der Waals surface area contributed by atoms with Crippen LogP contribution in [0.5, 0.6) is 0 Å². The largest absolute Gasteiger partial charge is 0.334 e. The van der Waals surface area contributed by atoms with E-state index in [1.165, 1.54) is 5.56 Å². The SMILES string of the molecule is O=C1c2cc(I)ccc2CCN1Cc1ccc(Br)cc1. The van der Waals surface area contributed by atoms with Gasteiger partial charge in [0, 0.05) is 26.7 Å². The number of hydrogen-bond acceptors (Lipinski definition) is 1. The molecule has 0 saturated heterocycles. The molecule has 0 fully saturated rings. The first-order valence-corrected chi connectivity index (χ1v) is 8.33. The van der Waals surface area contributed by atoms with E-state index in [9.17, 15) is 4.79 Å². The van der Waals surface area contributed by atoms with Gasteiger partial charge in [-0.15, -0.1) is 0 Å². The number of rotatable bonds is 2. The van der Waals surface area contributed by atoms with Crippen LogP contribution < -0.4 is 0 Å². The van der Waals surface area contributed by atoms with Gasteiger partial charge in [0.1, 0.15) is 0 Å². The summed E-state index contributed by atoms with van der Waals surface area (Å²) in [6, 6.07) is 14.3. The molecule has 0 aromatic heterocycles. The summed E-state index contributed by atoms with van der Waals surface area (Å²) >= 11 is 5.68. The fourth-order valence-corrected chi connectivity index (χ4v) is 3.21. The zero-order valence-corrected chi connectivity index (χ0v) is 14.5. The van der Waals surface area contributed by atoms with Crippen molar-refractivity contribution in [2.45, 2.75) is 13.0 Å². The van der Waals surface area contributed by atoms with Crippen LogP contribution in [0.4, 0.5) is 0 Å². The van der Waals surface area contributed by atoms with Crippen LogP contribution >= 0.6 is 38.5 Å². The predicted molar refractivity (Wildman–Crippen MR) is 91.7 cm³/mol. The van der Waals surface area contributed by atoms with Gasteiger partial charge in [-0.25, -0.2) is 0 Å². The van der Waals surface area contributed by atoms with Crippen molar-refractivity contribution >= 4 is 44.4 Å². The summed E-state index contributed by atoms with van der Waals surface area (Å²) in [5, 5.41) is 0. The van der Waals surface area contributed by atoms with Gasteiger partial charge in [-0.1, -0.05) is 34.1 Å². The maximum absolute atomic E-state index is 12.6. The Hall–Kier alpha value is -0.880. The Morgan fingerprint density at radius 3 is 2.65 bits per heavy atom. The van der Waals surface area contributed by atoms with Crippen LogP contribution in [0, 0.1) is 3.57 Å². The lowest BCUT2D eigenvalue weighted by Crippen LogP contribution is -2.37. The van der Waals surface area contributed by atoms with E-state index in [0.717, 1.165) is 32.1 Å². The normalized spacial score (nSPS) is 14.3. The minimum absolute atomic E-state index is 0.146. The molecule has 1 aliphatic heterocycles. The lowest BCUT2D eigenvalue weighted by molar-refractivity contribution is 0.0727. The van der Waals surface area contributed by atoms with Crippen molar-refractivity contribution in [3.63, 3.8) is 0 Å². The lowest BCUT2D eigenvalue weighted by atomic mass is 9.99. The van der Waals surface area contributed by atoms with Crippen molar-refractivity contribution < 1.29 is 4.79 Å². The number of hydrogen-bond donors (Lipinski definition) is 0. The number of amides is 1. The highest BCUT2D eigenvalue weighted by Crippen LogP contribution is 2.23. The highest BCUT2D eigenvalue weighted by molar-refractivity contribution is 14.1. The van der Waals surface area contributed by atoms with Crippen molar-refractivity contribution in [1.29, 1.82) is 0 Å². The van der Waals surface area contributed by atoms with Gasteiger partial charge in [-0.3, -0.25) is 4.79 Å². The standard InChI is InChI=1S/C16H13BrINO/c17-13-4-1-11(2-5-13)10-19-8-7-12-3-6-14(18)9-15(12)16(19)20/h1-6,9H,7-8,10H2. The molecule has 1 aliphatic rings. The highest BCUT2D eigenvalue weighted by atomic mass is 127. The second-order valence-electron chi connectivity index (χ2n) is 4.90. The number of nitrogens with zero attached hydrogens (tertiary/aromatic N) is 1. The maximum atomic E-state index is 12.6. The molecule has 102 valence electrons. The third kappa shape index (κ3) is 2.91. The molecule has 0 atom stereocenters. The third-order valence-corrected chi connectivity index (χ3v) is 4.73. The van der Waals surface area contributed by atoms with E-state index in [0.29, 0.717) is 6.54 Å². The molecule has 0 spiro atoms. The van der Waals surface area contributed by atoms with E-state index in [-0.39, 0.29) is 5.91 Å². The zero-order valence-electron chi connectivity index (χ0n) is 10.8. The van der Waals surface area contributed by atoms with Crippen LogP contribution in [0.2, 0.25) is 0 Å². The van der Waals surface area contributed by atoms with Crippen molar-refractivity contribution in [2.75, 3.05) is 6.54 Å². The van der Waals surface area contributed by atoms with Crippen molar-refractivity contribution in [3.05, 3.63) is 67.2 Å². The molecular weight excluding hydrogens is 429 g/mol. The van der Waals surface area contributed by atoms with Gasteiger partial charge in [-0.05, 0) is 64.4 Å². The Bertz CT molecular complexity index is 654. The Labute approximate surface area is 140 Å². The zero-order chi connectivity index (χ0) is 14.1. The van der Waals surface area contributed by atoms with Crippen LogP contribution in [0.3, 0.4) is 0 Å². The molecule has 2 nitrogen and oxygen atoms in total. The third-order valence-electron chi connectivity index (χ3n) is 3.53. The molecular formula is C16H13BrINO. The number of benzene rings is 2. The van der Waals surface area contributed by atoms with Gasteiger partial charge < -0.3 is 4.90 Å². The molecule has 2 aromatic carbocycles. The monoisotopic (exact) mass is 441 g/mol. The summed E-state index contributed by atoms with van der Waals surface area (Å²) in [7, 11) is 0. The topological polar surface area (TPSA) is 20.3 Å². The molecule has 1 heterocycles. The molecule has 0 unspecified atom stereocenters. The second kappa shape index (κ2) is 5.85. The molecule has 1 amide bonds. The van der Waals surface area contributed by atoms with Crippen molar-refractivity contribution in [1.82, 2.24) is 4.90 Å². The van der Waals surface area contributed by atoms with E-state index >= 15 is 0 Å². The Kier molecular flexibility index (Phi) is 4.12. The van der Waals surface area contributed by atoms with E-state index in [1.807, 2.05) is 23.1 Å². The summed E-state index contributed by atoms with van der Waals surface area (Å²) in [5.74, 6) is 0.146. The Balaban J connectivity index is 1.83. The van der Waals surface area contributed by atoms with E-state index in [4.69, 9.17) is 0 Å². The smallest absolute Gasteiger partial charge is 0.254 e. The van der Waals surface area contributed by atoms with Crippen LogP contribution in [-0.4, -0.2) is 17.4 Å². The molecule has 0 N–H and O–H groups in total. The first kappa shape index (κ1) is 14.1. The molecule has 3 rings (SSSR count). The van der Waals surface area contributed by atoms with Crippen LogP contribution in [0.25, 0.3) is 0 Å². The Morgan fingerprint density at radius 1 is 1.15 bits per heavy atom. The summed E-state index contributed by atoms with van der Waals surface area (Å²) < 4.78 is 2.17. The van der Waals surface area contributed by atoms with Crippen molar-refractivity contribution in [3.8, 4) is 0 Å². The first-order chi connectivity index (χ1) is 9.63. The van der Waals surface area contributed by atoms with Gasteiger partial charge >= 0.3 is 0 Å². The van der Waals surface area contributed by atoms with Gasteiger partial charge in [0.25, 0.3) is 5.91 Å². The minimum atomic E-state index is 0.146. The van der Waals surface area contributed by atoms with Gasteiger partial charge in [0.05, 0.1) is 0 Å². The average Bonchev–Trinajstić information content (AvgIpc) is 2.45. The average molecular weight is 442 g/mol. The molecule has 0 aliphatic carbocycles. The summed E-state index contributed by atoms with van der Waals surface area (Å²) in [5.41, 5.74) is 3.19. The molecule has 2 aromatic rings. The van der Waals surface area contributed by atoms with Crippen molar-refractivity contribution in [2.24, 2.45) is 0 Å². The summed E-state index contributed by atoms with van der Waals surface area (Å²) in [6.07, 6.45) is 0.939. The minimum Gasteiger partial charge on any atom is -0.334 e. The fraction of sp³-hybridized carbons (Fsp3) is 0.188. The van der Waals surface area contributed by atoms with Gasteiger partial charge in [-0.2, -0.15) is 0 Å². The molecule has 0 bridgehead atoms. The van der Waals surface area contributed by atoms with Crippen LogP contribution in [-0.2, 0) is 13.0 Å². The van der Waals surface area contributed by atoms with E-state index in [2.05, 4.69) is 62.8 Å². The van der Waals surface area contributed by atoms with E-state index < -0.39 is 0 Å². The summed E-state index contributed by atoms with van der Waals surface area (Å²) in [6.45, 7) is 1.47. The summed E-state index contributed by atoms with van der Waals surface area (Å²) in [4.78, 5) is 14.5. The number of carbonyl (C=O) groups excluding carboxylic acids is 1. The molecule has 20 heavy (non-hydrogen) atoms. The predicted octanol–water partition coefficient (Wildman–Crippen LogP) is 4.25. The molecule has 0 radical (unpaired) electrons. The lowest BCUT2D eigenvalue weighted by Gasteiger charge is -2.28.